The van der Waals surface area contributed by atoms with E-state index in [2.05, 4.69) is 27.7 Å². The zero-order chi connectivity index (χ0) is 12.3. The van der Waals surface area contributed by atoms with E-state index in [-0.39, 0.29) is 11.9 Å². The molecule has 0 spiro atoms. The first-order chi connectivity index (χ1) is 7.43. The minimum atomic E-state index is -0.256. The van der Waals surface area contributed by atoms with Crippen LogP contribution in [-0.2, 0) is 4.79 Å². The van der Waals surface area contributed by atoms with Crippen molar-refractivity contribution in [1.29, 1.82) is 0 Å². The molecule has 1 rings (SSSR count). The van der Waals surface area contributed by atoms with Gasteiger partial charge in [-0.25, -0.2) is 0 Å². The van der Waals surface area contributed by atoms with Gasteiger partial charge in [0.25, 0.3) is 0 Å². The van der Waals surface area contributed by atoms with E-state index in [1.165, 1.54) is 0 Å². The van der Waals surface area contributed by atoms with Crippen LogP contribution in [0.25, 0.3) is 0 Å². The first-order valence-electron chi connectivity index (χ1n) is 6.47. The predicted molar refractivity (Wildman–Crippen MR) is 67.0 cm³/mol. The van der Waals surface area contributed by atoms with Crippen LogP contribution in [0.1, 0.15) is 40.5 Å². The van der Waals surface area contributed by atoms with Crippen LogP contribution < -0.4 is 5.73 Å². The van der Waals surface area contributed by atoms with Crippen LogP contribution in [0.3, 0.4) is 0 Å². The molecule has 1 unspecified atom stereocenters. The molecule has 1 saturated heterocycles. The number of likely N-dealkylation sites (tertiary alicyclic amines) is 1. The van der Waals surface area contributed by atoms with Crippen molar-refractivity contribution in [3.8, 4) is 0 Å². The molecule has 0 aromatic rings. The van der Waals surface area contributed by atoms with Gasteiger partial charge in [0.05, 0.1) is 6.04 Å². The van der Waals surface area contributed by atoms with E-state index in [0.29, 0.717) is 17.8 Å². The number of nitrogens with two attached hydrogens (primary N) is 1. The molecule has 1 aliphatic rings. The van der Waals surface area contributed by atoms with Crippen LogP contribution in [0, 0.1) is 17.8 Å². The van der Waals surface area contributed by atoms with Gasteiger partial charge in [0.2, 0.25) is 5.91 Å². The fraction of sp³-hybridized carbons (Fsp3) is 0.923. The van der Waals surface area contributed by atoms with Gasteiger partial charge in [-0.05, 0) is 30.6 Å². The van der Waals surface area contributed by atoms with Crippen LogP contribution >= 0.6 is 0 Å². The highest BCUT2D eigenvalue weighted by Crippen LogP contribution is 2.23. The van der Waals surface area contributed by atoms with Crippen LogP contribution in [0.4, 0.5) is 0 Å². The van der Waals surface area contributed by atoms with E-state index < -0.39 is 0 Å². The third kappa shape index (κ3) is 3.21. The first-order valence-corrected chi connectivity index (χ1v) is 6.47. The number of carbonyl (C=O) groups excluding carboxylic acids is 1. The Bertz CT molecular complexity index is 230. The predicted octanol–water partition coefficient (Wildman–Crippen LogP) is 1.86. The van der Waals surface area contributed by atoms with Gasteiger partial charge < -0.3 is 10.6 Å². The lowest BCUT2D eigenvalue weighted by molar-refractivity contribution is -0.136. The Hall–Kier alpha value is -0.570. The smallest absolute Gasteiger partial charge is 0.239 e. The third-order valence-corrected chi connectivity index (χ3v) is 3.72. The fourth-order valence-corrected chi connectivity index (χ4v) is 2.60. The van der Waals surface area contributed by atoms with Crippen LogP contribution in [0.2, 0.25) is 0 Å². The number of piperidine rings is 1. The van der Waals surface area contributed by atoms with Crippen molar-refractivity contribution < 1.29 is 4.79 Å². The normalized spacial score (nSPS) is 22.6. The highest BCUT2D eigenvalue weighted by atomic mass is 16.2. The lowest BCUT2D eigenvalue weighted by Gasteiger charge is -2.36. The largest absolute Gasteiger partial charge is 0.341 e. The van der Waals surface area contributed by atoms with E-state index in [1.807, 2.05) is 4.90 Å². The minimum Gasteiger partial charge on any atom is -0.341 e. The summed E-state index contributed by atoms with van der Waals surface area (Å²) in [6.07, 6.45) is 1.90. The van der Waals surface area contributed by atoms with Gasteiger partial charge in [-0.15, -0.1) is 0 Å². The van der Waals surface area contributed by atoms with Gasteiger partial charge in [-0.2, -0.15) is 0 Å². The van der Waals surface area contributed by atoms with Gasteiger partial charge in [0.1, 0.15) is 0 Å². The summed E-state index contributed by atoms with van der Waals surface area (Å²) in [6.45, 7) is 10.7. The van der Waals surface area contributed by atoms with Crippen molar-refractivity contribution in [2.45, 2.75) is 46.6 Å². The summed E-state index contributed by atoms with van der Waals surface area (Å²) in [7, 11) is 0. The van der Waals surface area contributed by atoms with E-state index >= 15 is 0 Å². The zero-order valence-electron chi connectivity index (χ0n) is 11.1. The quantitative estimate of drug-likeness (QED) is 0.795. The summed E-state index contributed by atoms with van der Waals surface area (Å²) in [4.78, 5) is 13.9. The van der Waals surface area contributed by atoms with E-state index in [9.17, 15) is 4.79 Å². The number of hydrogen-bond donors (Lipinski definition) is 1. The molecule has 2 N–H and O–H groups in total. The maximum absolute atomic E-state index is 11.9. The van der Waals surface area contributed by atoms with Crippen molar-refractivity contribution in [1.82, 2.24) is 4.90 Å². The molecule has 1 atom stereocenters. The van der Waals surface area contributed by atoms with Gasteiger partial charge in [-0.1, -0.05) is 27.7 Å². The molecule has 0 radical (unpaired) electrons. The number of amides is 1. The van der Waals surface area contributed by atoms with Gasteiger partial charge in [0.15, 0.2) is 0 Å². The summed E-state index contributed by atoms with van der Waals surface area (Å²) >= 11 is 0. The molecule has 1 heterocycles. The number of rotatable bonds is 4. The summed E-state index contributed by atoms with van der Waals surface area (Å²) < 4.78 is 0. The second-order valence-corrected chi connectivity index (χ2v) is 5.68. The van der Waals surface area contributed by atoms with Gasteiger partial charge >= 0.3 is 0 Å². The highest BCUT2D eigenvalue weighted by Gasteiger charge is 2.29. The molecule has 16 heavy (non-hydrogen) atoms. The maximum atomic E-state index is 11.9. The molecular formula is C13H26N2O. The Morgan fingerprint density at radius 1 is 1.31 bits per heavy atom. The molecular weight excluding hydrogens is 200 g/mol. The summed E-state index contributed by atoms with van der Waals surface area (Å²) in [5.74, 6) is 1.96. The Kier molecular flexibility index (Phi) is 4.78. The lowest BCUT2D eigenvalue weighted by Crippen LogP contribution is -2.50. The molecule has 0 saturated carbocycles. The number of nitrogens with zero attached hydrogens (tertiary/aromatic N) is 1. The Balaban J connectivity index is 2.60. The topological polar surface area (TPSA) is 46.3 Å². The average Bonchev–Trinajstić information content (AvgIpc) is 2.19. The second-order valence-electron chi connectivity index (χ2n) is 5.68. The van der Waals surface area contributed by atoms with Crippen molar-refractivity contribution in [2.75, 3.05) is 13.1 Å². The van der Waals surface area contributed by atoms with E-state index in [0.717, 1.165) is 25.9 Å². The highest BCUT2D eigenvalue weighted by molar-refractivity contribution is 5.82. The van der Waals surface area contributed by atoms with Gasteiger partial charge in [-0.3, -0.25) is 4.79 Å². The van der Waals surface area contributed by atoms with Crippen molar-refractivity contribution >= 4 is 5.91 Å². The molecule has 0 aromatic carbocycles. The lowest BCUT2D eigenvalue weighted by atomic mass is 9.84. The summed E-state index contributed by atoms with van der Waals surface area (Å²) in [6, 6.07) is -0.256. The van der Waals surface area contributed by atoms with Gasteiger partial charge in [0, 0.05) is 13.1 Å². The summed E-state index contributed by atoms with van der Waals surface area (Å²) in [5.41, 5.74) is 5.81. The fourth-order valence-electron chi connectivity index (χ4n) is 2.60. The number of carbonyl (C=O) groups is 1. The van der Waals surface area contributed by atoms with Crippen LogP contribution in [0.15, 0.2) is 0 Å². The standard InChI is InChI=1S/C13H26N2O/c1-9(2)11(10(3)4)8-15-7-5-6-12(14)13(15)16/h9-12H,5-8,14H2,1-4H3. The molecule has 0 aromatic heterocycles. The van der Waals surface area contributed by atoms with Crippen molar-refractivity contribution in [2.24, 2.45) is 23.5 Å². The molecule has 94 valence electrons. The third-order valence-electron chi connectivity index (χ3n) is 3.72. The molecule has 3 nitrogen and oxygen atoms in total. The zero-order valence-corrected chi connectivity index (χ0v) is 11.1. The molecule has 1 fully saturated rings. The minimum absolute atomic E-state index is 0.151. The monoisotopic (exact) mass is 226 g/mol. The first kappa shape index (κ1) is 13.5. The molecule has 1 amide bonds. The van der Waals surface area contributed by atoms with E-state index in [1.54, 1.807) is 0 Å². The average molecular weight is 226 g/mol. The van der Waals surface area contributed by atoms with E-state index in [4.69, 9.17) is 5.73 Å². The molecule has 3 heteroatoms. The Labute approximate surface area is 99.4 Å². The number of hydrogen-bond acceptors (Lipinski definition) is 2. The second kappa shape index (κ2) is 5.67. The van der Waals surface area contributed by atoms with Crippen LogP contribution in [-0.4, -0.2) is 29.9 Å². The SMILES string of the molecule is CC(C)C(CN1CCCC(N)C1=O)C(C)C. The maximum Gasteiger partial charge on any atom is 0.239 e. The molecule has 1 aliphatic heterocycles. The molecule has 0 bridgehead atoms. The molecule has 0 aliphatic carbocycles. The Morgan fingerprint density at radius 2 is 1.88 bits per heavy atom. The van der Waals surface area contributed by atoms with Crippen LogP contribution in [0.5, 0.6) is 0 Å². The Morgan fingerprint density at radius 3 is 2.38 bits per heavy atom. The van der Waals surface area contributed by atoms with Crippen molar-refractivity contribution in [3.63, 3.8) is 0 Å². The summed E-state index contributed by atoms with van der Waals surface area (Å²) in [5, 5.41) is 0. The van der Waals surface area contributed by atoms with Crippen molar-refractivity contribution in [3.05, 3.63) is 0 Å².